The van der Waals surface area contributed by atoms with Crippen LogP contribution in [0.1, 0.15) is 19.4 Å². The molecule has 0 N–H and O–H groups in total. The van der Waals surface area contributed by atoms with Gasteiger partial charge in [-0.15, -0.1) is 0 Å². The van der Waals surface area contributed by atoms with Crippen LogP contribution >= 0.6 is 27.7 Å². The Kier molecular flexibility index (Phi) is 5.13. The Morgan fingerprint density at radius 1 is 1.39 bits per heavy atom. The Balaban J connectivity index is 2.06. The fourth-order valence-corrected chi connectivity index (χ4v) is 3.56. The Morgan fingerprint density at radius 3 is 2.67 bits per heavy atom. The molecule has 1 heterocycles. The van der Waals surface area contributed by atoms with Crippen molar-refractivity contribution in [1.29, 1.82) is 0 Å². The van der Waals surface area contributed by atoms with E-state index < -0.39 is 0 Å². The molecule has 1 atom stereocenters. The average molecular weight is 327 g/mol. The summed E-state index contributed by atoms with van der Waals surface area (Å²) < 4.78 is 0. The molecule has 2 nitrogen and oxygen atoms in total. The van der Waals surface area contributed by atoms with Crippen LogP contribution in [0.15, 0.2) is 35.3 Å². The lowest BCUT2D eigenvalue weighted by atomic mass is 10.2. The fourth-order valence-electron chi connectivity index (χ4n) is 1.89. The second-order valence-corrected chi connectivity index (χ2v) is 6.64. The molecule has 0 saturated carbocycles. The van der Waals surface area contributed by atoms with E-state index in [1.807, 2.05) is 11.8 Å². The van der Waals surface area contributed by atoms with Crippen molar-refractivity contribution in [1.82, 2.24) is 4.90 Å². The number of thioether (sulfide) groups is 1. The molecule has 1 unspecified atom stereocenters. The molecule has 2 rings (SSSR count). The first-order valence-electron chi connectivity index (χ1n) is 6.28. The maximum Gasteiger partial charge on any atom is 0.160 e. The average Bonchev–Trinajstić information content (AvgIpc) is 2.85. The summed E-state index contributed by atoms with van der Waals surface area (Å²) >= 11 is 5.44. The van der Waals surface area contributed by atoms with Crippen LogP contribution in [0, 0.1) is 0 Å². The zero-order valence-electron chi connectivity index (χ0n) is 10.8. The van der Waals surface area contributed by atoms with Gasteiger partial charge in [0.1, 0.15) is 0 Å². The molecule has 1 aromatic rings. The predicted molar refractivity (Wildman–Crippen MR) is 84.6 cm³/mol. The van der Waals surface area contributed by atoms with Gasteiger partial charge < -0.3 is 4.90 Å². The van der Waals surface area contributed by atoms with Crippen molar-refractivity contribution in [3.8, 4) is 0 Å². The number of rotatable bonds is 4. The molecule has 1 aliphatic rings. The van der Waals surface area contributed by atoms with Crippen LogP contribution in [0.2, 0.25) is 0 Å². The third-order valence-electron chi connectivity index (χ3n) is 2.94. The van der Waals surface area contributed by atoms with Gasteiger partial charge >= 0.3 is 0 Å². The number of halogens is 1. The summed E-state index contributed by atoms with van der Waals surface area (Å²) in [5.41, 5.74) is 1.34. The maximum absolute atomic E-state index is 4.68. The van der Waals surface area contributed by atoms with Crippen LogP contribution in [0.4, 0.5) is 0 Å². The van der Waals surface area contributed by atoms with Crippen LogP contribution in [-0.2, 0) is 6.54 Å². The number of alkyl halides is 1. The van der Waals surface area contributed by atoms with Crippen molar-refractivity contribution in [2.45, 2.75) is 31.7 Å². The van der Waals surface area contributed by atoms with Gasteiger partial charge in [-0.3, -0.25) is 4.99 Å². The smallest absolute Gasteiger partial charge is 0.160 e. The summed E-state index contributed by atoms with van der Waals surface area (Å²) in [4.78, 5) is 7.07. The molecule has 0 saturated heterocycles. The lowest BCUT2D eigenvalue weighted by Gasteiger charge is -2.28. The Labute approximate surface area is 122 Å². The molecule has 0 aromatic heterocycles. The van der Waals surface area contributed by atoms with E-state index in [1.165, 1.54) is 10.7 Å². The van der Waals surface area contributed by atoms with Crippen LogP contribution < -0.4 is 0 Å². The van der Waals surface area contributed by atoms with Crippen molar-refractivity contribution in [3.05, 3.63) is 35.9 Å². The third kappa shape index (κ3) is 3.51. The number of benzene rings is 1. The first kappa shape index (κ1) is 13.9. The van der Waals surface area contributed by atoms with E-state index in [4.69, 9.17) is 0 Å². The van der Waals surface area contributed by atoms with Crippen LogP contribution in [0.25, 0.3) is 0 Å². The van der Waals surface area contributed by atoms with Crippen molar-refractivity contribution in [3.63, 3.8) is 0 Å². The summed E-state index contributed by atoms with van der Waals surface area (Å²) in [5, 5.41) is 2.80. The highest BCUT2D eigenvalue weighted by Crippen LogP contribution is 2.27. The second kappa shape index (κ2) is 6.62. The highest BCUT2D eigenvalue weighted by Gasteiger charge is 2.24. The Morgan fingerprint density at radius 2 is 2.11 bits per heavy atom. The van der Waals surface area contributed by atoms with Gasteiger partial charge in [-0.1, -0.05) is 58.0 Å². The largest absolute Gasteiger partial charge is 0.345 e. The normalized spacial score (nSPS) is 19.1. The molecule has 0 fully saturated rings. The lowest BCUT2D eigenvalue weighted by molar-refractivity contribution is 0.349. The van der Waals surface area contributed by atoms with Crippen LogP contribution in [-0.4, -0.2) is 33.2 Å². The molecule has 1 aliphatic heterocycles. The van der Waals surface area contributed by atoms with Crippen LogP contribution in [0.5, 0.6) is 0 Å². The van der Waals surface area contributed by atoms with Gasteiger partial charge in [0.05, 0.1) is 6.54 Å². The molecular weight excluding hydrogens is 308 g/mol. The molecule has 0 bridgehead atoms. The van der Waals surface area contributed by atoms with Gasteiger partial charge in [-0.25, -0.2) is 0 Å². The molecule has 0 aliphatic carbocycles. The number of hydrogen-bond donors (Lipinski definition) is 0. The highest BCUT2D eigenvalue weighted by atomic mass is 79.9. The van der Waals surface area contributed by atoms with Gasteiger partial charge in [0, 0.05) is 23.2 Å². The maximum atomic E-state index is 4.68. The second-order valence-electron chi connectivity index (χ2n) is 4.72. The number of hydrogen-bond acceptors (Lipinski definition) is 3. The van der Waals surface area contributed by atoms with E-state index >= 15 is 0 Å². The summed E-state index contributed by atoms with van der Waals surface area (Å²) in [6.45, 7) is 6.34. The summed E-state index contributed by atoms with van der Waals surface area (Å²) in [5.74, 6) is 0. The van der Waals surface area contributed by atoms with E-state index in [0.717, 1.165) is 18.4 Å². The van der Waals surface area contributed by atoms with Gasteiger partial charge in [-0.2, -0.15) is 0 Å². The summed E-state index contributed by atoms with van der Waals surface area (Å²) in [6, 6.07) is 11.1. The molecule has 98 valence electrons. The van der Waals surface area contributed by atoms with E-state index in [0.29, 0.717) is 11.3 Å². The fraction of sp³-hybridized carbons (Fsp3) is 0.500. The third-order valence-corrected chi connectivity index (χ3v) is 5.37. The van der Waals surface area contributed by atoms with Crippen molar-refractivity contribution in [2.75, 3.05) is 11.9 Å². The molecule has 18 heavy (non-hydrogen) atoms. The molecule has 0 radical (unpaired) electrons. The minimum Gasteiger partial charge on any atom is -0.345 e. The van der Waals surface area contributed by atoms with E-state index in [9.17, 15) is 0 Å². The zero-order chi connectivity index (χ0) is 13.0. The SMILES string of the molecule is CC(C)N(Cc1ccccc1)C1=NCC(CBr)S1. The first-order valence-corrected chi connectivity index (χ1v) is 8.28. The van der Waals surface area contributed by atoms with Crippen molar-refractivity contribution < 1.29 is 0 Å². The van der Waals surface area contributed by atoms with Crippen LogP contribution in [0.3, 0.4) is 0 Å². The monoisotopic (exact) mass is 326 g/mol. The van der Waals surface area contributed by atoms with Gasteiger partial charge in [-0.05, 0) is 19.4 Å². The number of nitrogens with zero attached hydrogens (tertiary/aromatic N) is 2. The van der Waals surface area contributed by atoms with Gasteiger partial charge in [0.25, 0.3) is 0 Å². The van der Waals surface area contributed by atoms with Gasteiger partial charge in [0.2, 0.25) is 0 Å². The Hall–Kier alpha value is -0.480. The van der Waals surface area contributed by atoms with Crippen molar-refractivity contribution in [2.24, 2.45) is 4.99 Å². The lowest BCUT2D eigenvalue weighted by Crippen LogP contribution is -2.34. The van der Waals surface area contributed by atoms with Crippen molar-refractivity contribution >= 4 is 32.9 Å². The van der Waals surface area contributed by atoms with E-state index in [2.05, 4.69) is 70.0 Å². The highest BCUT2D eigenvalue weighted by molar-refractivity contribution is 9.09. The quantitative estimate of drug-likeness (QED) is 0.783. The number of aliphatic imine (C=N–C) groups is 1. The minimum absolute atomic E-state index is 0.477. The molecule has 0 amide bonds. The zero-order valence-corrected chi connectivity index (χ0v) is 13.2. The van der Waals surface area contributed by atoms with E-state index in [-0.39, 0.29) is 0 Å². The Bertz CT molecular complexity index is 406. The molecular formula is C14H19BrN2S. The topological polar surface area (TPSA) is 15.6 Å². The summed E-state index contributed by atoms with van der Waals surface area (Å²) in [6.07, 6.45) is 0. The molecule has 1 aromatic carbocycles. The minimum atomic E-state index is 0.477. The predicted octanol–water partition coefficient (Wildman–Crippen LogP) is 3.76. The van der Waals surface area contributed by atoms with Gasteiger partial charge in [0.15, 0.2) is 5.17 Å². The molecule has 4 heteroatoms. The first-order chi connectivity index (χ1) is 8.70. The number of amidine groups is 1. The van der Waals surface area contributed by atoms with E-state index in [1.54, 1.807) is 0 Å². The summed E-state index contributed by atoms with van der Waals surface area (Å²) in [7, 11) is 0. The molecule has 0 spiro atoms. The standard InChI is InChI=1S/C14H19BrN2S/c1-11(2)17(10-12-6-4-3-5-7-12)14-16-9-13(8-15)18-14/h3-7,11,13H,8-10H2,1-2H3.